The Morgan fingerprint density at radius 1 is 1.11 bits per heavy atom. The number of nitrogens with zero attached hydrogens (tertiary/aromatic N) is 2. The highest BCUT2D eigenvalue weighted by molar-refractivity contribution is 5.55. The van der Waals surface area contributed by atoms with Gasteiger partial charge < -0.3 is 9.88 Å². The molecule has 0 amide bonds. The lowest BCUT2D eigenvalue weighted by Crippen LogP contribution is -2.26. The van der Waals surface area contributed by atoms with E-state index in [2.05, 4.69) is 66.1 Å². The van der Waals surface area contributed by atoms with Gasteiger partial charge in [-0.05, 0) is 19.4 Å². The van der Waals surface area contributed by atoms with Crippen LogP contribution in [0.4, 0.5) is 0 Å². The molecule has 1 unspecified atom stereocenters. The molecule has 1 atom stereocenters. The summed E-state index contributed by atoms with van der Waals surface area (Å²) in [6.07, 6.45) is 3.94. The lowest BCUT2D eigenvalue weighted by molar-refractivity contribution is 0.466. The molecule has 0 aliphatic carbocycles. The van der Waals surface area contributed by atoms with E-state index in [1.807, 2.05) is 12.3 Å². The summed E-state index contributed by atoms with van der Waals surface area (Å²) in [5, 5.41) is 3.50. The molecule has 0 aliphatic heterocycles. The monoisotopic (exact) mass is 257 g/mol. The quantitative estimate of drug-likeness (QED) is 0.860. The minimum Gasteiger partial charge on any atom is -0.327 e. The maximum Gasteiger partial charge on any atom is 0.140 e. The summed E-state index contributed by atoms with van der Waals surface area (Å²) in [5.41, 5.74) is 1.17. The minimum atomic E-state index is 0.399. The molecular formula is C16H23N3. The molecular weight excluding hydrogens is 234 g/mol. The maximum atomic E-state index is 4.49. The molecule has 3 nitrogen and oxygen atoms in total. The zero-order valence-electron chi connectivity index (χ0n) is 12.0. The number of hydrogen-bond donors (Lipinski definition) is 1. The van der Waals surface area contributed by atoms with Crippen molar-refractivity contribution in [2.45, 2.75) is 26.8 Å². The maximum absolute atomic E-state index is 4.49. The van der Waals surface area contributed by atoms with Gasteiger partial charge in [0.15, 0.2) is 0 Å². The Morgan fingerprint density at radius 3 is 2.53 bits per heavy atom. The van der Waals surface area contributed by atoms with Crippen molar-refractivity contribution in [2.75, 3.05) is 13.1 Å². The van der Waals surface area contributed by atoms with Crippen molar-refractivity contribution in [1.29, 1.82) is 0 Å². The molecule has 1 aromatic carbocycles. The summed E-state index contributed by atoms with van der Waals surface area (Å²) in [6.45, 7) is 8.70. The Hall–Kier alpha value is -1.61. The van der Waals surface area contributed by atoms with Gasteiger partial charge in [-0.3, -0.25) is 0 Å². The van der Waals surface area contributed by atoms with E-state index in [0.717, 1.165) is 18.9 Å². The Kier molecular flexibility index (Phi) is 4.74. The number of hydrogen-bond acceptors (Lipinski definition) is 2. The van der Waals surface area contributed by atoms with Gasteiger partial charge >= 0.3 is 0 Å². The van der Waals surface area contributed by atoms with E-state index in [1.165, 1.54) is 5.56 Å². The van der Waals surface area contributed by atoms with Gasteiger partial charge in [0.05, 0.1) is 0 Å². The fourth-order valence-corrected chi connectivity index (χ4v) is 2.16. The third-order valence-electron chi connectivity index (χ3n) is 3.17. The molecule has 3 heteroatoms. The molecule has 2 aromatic rings. The van der Waals surface area contributed by atoms with Crippen molar-refractivity contribution >= 4 is 0 Å². The van der Waals surface area contributed by atoms with E-state index in [-0.39, 0.29) is 0 Å². The molecule has 19 heavy (non-hydrogen) atoms. The third kappa shape index (κ3) is 3.67. The van der Waals surface area contributed by atoms with Gasteiger partial charge in [0.2, 0.25) is 0 Å². The fourth-order valence-electron chi connectivity index (χ4n) is 2.16. The van der Waals surface area contributed by atoms with Crippen LogP contribution in [0.15, 0.2) is 42.7 Å². The second-order valence-electron chi connectivity index (χ2n) is 5.43. The topological polar surface area (TPSA) is 29.9 Å². The number of nitrogens with one attached hydrogen (secondary N) is 1. The Bertz CT molecular complexity index is 488. The average Bonchev–Trinajstić information content (AvgIpc) is 2.88. The highest BCUT2D eigenvalue weighted by Crippen LogP contribution is 2.20. The SMILES string of the molecule is CC(C)CNCC(C)n1ccnc1-c1ccccc1. The highest BCUT2D eigenvalue weighted by atomic mass is 15.1. The van der Waals surface area contributed by atoms with Crippen molar-refractivity contribution in [3.8, 4) is 11.4 Å². The van der Waals surface area contributed by atoms with E-state index in [9.17, 15) is 0 Å². The van der Waals surface area contributed by atoms with Gasteiger partial charge in [0, 0.05) is 30.5 Å². The summed E-state index contributed by atoms with van der Waals surface area (Å²) in [4.78, 5) is 4.49. The molecule has 0 bridgehead atoms. The van der Waals surface area contributed by atoms with Crippen LogP contribution in [0.2, 0.25) is 0 Å². The molecule has 0 radical (unpaired) electrons. The normalized spacial score (nSPS) is 12.8. The van der Waals surface area contributed by atoms with Gasteiger partial charge in [0.25, 0.3) is 0 Å². The summed E-state index contributed by atoms with van der Waals surface area (Å²) < 4.78 is 2.24. The molecule has 0 fully saturated rings. The number of aromatic nitrogens is 2. The van der Waals surface area contributed by atoms with E-state index < -0.39 is 0 Å². The van der Waals surface area contributed by atoms with Crippen LogP contribution in [0.5, 0.6) is 0 Å². The first kappa shape index (κ1) is 13.8. The second kappa shape index (κ2) is 6.53. The van der Waals surface area contributed by atoms with E-state index in [0.29, 0.717) is 12.0 Å². The molecule has 2 rings (SSSR count). The van der Waals surface area contributed by atoms with Crippen LogP contribution in [0.3, 0.4) is 0 Å². The van der Waals surface area contributed by atoms with Crippen molar-refractivity contribution < 1.29 is 0 Å². The second-order valence-corrected chi connectivity index (χ2v) is 5.43. The van der Waals surface area contributed by atoms with Crippen molar-refractivity contribution in [3.05, 3.63) is 42.7 Å². The van der Waals surface area contributed by atoms with Gasteiger partial charge in [-0.15, -0.1) is 0 Å². The van der Waals surface area contributed by atoms with Crippen LogP contribution in [-0.4, -0.2) is 22.6 Å². The zero-order chi connectivity index (χ0) is 13.7. The molecule has 102 valence electrons. The Balaban J connectivity index is 2.07. The molecule has 0 aliphatic rings. The average molecular weight is 257 g/mol. The molecule has 0 spiro atoms. The van der Waals surface area contributed by atoms with Crippen molar-refractivity contribution in [2.24, 2.45) is 5.92 Å². The van der Waals surface area contributed by atoms with Crippen molar-refractivity contribution in [3.63, 3.8) is 0 Å². The van der Waals surface area contributed by atoms with Gasteiger partial charge in [-0.25, -0.2) is 4.98 Å². The summed E-state index contributed by atoms with van der Waals surface area (Å²) in [6, 6.07) is 10.7. The van der Waals surface area contributed by atoms with E-state index >= 15 is 0 Å². The predicted molar refractivity (Wildman–Crippen MR) is 80.1 cm³/mol. The van der Waals surface area contributed by atoms with Crippen LogP contribution in [0, 0.1) is 5.92 Å². The molecule has 1 aromatic heterocycles. The Labute approximate surface area is 115 Å². The number of rotatable bonds is 6. The molecule has 0 saturated heterocycles. The van der Waals surface area contributed by atoms with Crippen LogP contribution in [0.1, 0.15) is 26.8 Å². The van der Waals surface area contributed by atoms with E-state index in [1.54, 1.807) is 0 Å². The number of imidazole rings is 1. The zero-order valence-corrected chi connectivity index (χ0v) is 12.0. The molecule has 0 saturated carbocycles. The highest BCUT2D eigenvalue weighted by Gasteiger charge is 2.11. The first-order valence-corrected chi connectivity index (χ1v) is 6.97. The lowest BCUT2D eigenvalue weighted by atomic mass is 10.2. The van der Waals surface area contributed by atoms with Crippen molar-refractivity contribution in [1.82, 2.24) is 14.9 Å². The Morgan fingerprint density at radius 2 is 1.84 bits per heavy atom. The smallest absolute Gasteiger partial charge is 0.140 e. The van der Waals surface area contributed by atoms with Gasteiger partial charge in [-0.2, -0.15) is 0 Å². The first-order valence-electron chi connectivity index (χ1n) is 6.97. The molecule has 1 heterocycles. The largest absolute Gasteiger partial charge is 0.327 e. The van der Waals surface area contributed by atoms with E-state index in [4.69, 9.17) is 0 Å². The van der Waals surface area contributed by atoms with Crippen LogP contribution in [-0.2, 0) is 0 Å². The van der Waals surface area contributed by atoms with Crippen LogP contribution in [0.25, 0.3) is 11.4 Å². The summed E-state index contributed by atoms with van der Waals surface area (Å²) >= 11 is 0. The van der Waals surface area contributed by atoms with Crippen LogP contribution >= 0.6 is 0 Å². The summed E-state index contributed by atoms with van der Waals surface area (Å²) in [7, 11) is 0. The van der Waals surface area contributed by atoms with Gasteiger partial charge in [0.1, 0.15) is 5.82 Å². The lowest BCUT2D eigenvalue weighted by Gasteiger charge is -2.18. The minimum absolute atomic E-state index is 0.399. The molecule has 1 N–H and O–H groups in total. The van der Waals surface area contributed by atoms with Crippen LogP contribution < -0.4 is 5.32 Å². The third-order valence-corrected chi connectivity index (χ3v) is 3.17. The fraction of sp³-hybridized carbons (Fsp3) is 0.438. The first-order chi connectivity index (χ1) is 9.18. The van der Waals surface area contributed by atoms with Gasteiger partial charge in [-0.1, -0.05) is 44.2 Å². The summed E-state index contributed by atoms with van der Waals surface area (Å²) in [5.74, 6) is 1.73. The standard InChI is InChI=1S/C16H23N3/c1-13(2)11-17-12-14(3)19-10-9-18-16(19)15-7-5-4-6-8-15/h4-10,13-14,17H,11-12H2,1-3H3. The number of benzene rings is 1. The predicted octanol–water partition coefficient (Wildman–Crippen LogP) is 3.36.